The van der Waals surface area contributed by atoms with Crippen LogP contribution in [0.2, 0.25) is 0 Å². The maximum absolute atomic E-state index is 13.5. The third-order valence-corrected chi connectivity index (χ3v) is 11.0. The van der Waals surface area contributed by atoms with Crippen LogP contribution in [0.5, 0.6) is 0 Å². The van der Waals surface area contributed by atoms with E-state index in [1.54, 1.807) is 18.3 Å². The highest BCUT2D eigenvalue weighted by molar-refractivity contribution is 7.89. The predicted octanol–water partition coefficient (Wildman–Crippen LogP) is 2.03. The Morgan fingerprint density at radius 1 is 1.00 bits per heavy atom. The third kappa shape index (κ3) is 4.27. The van der Waals surface area contributed by atoms with Crippen molar-refractivity contribution in [3.05, 3.63) is 30.0 Å². The molecule has 1 amide bonds. The van der Waals surface area contributed by atoms with Crippen LogP contribution in [0.3, 0.4) is 0 Å². The van der Waals surface area contributed by atoms with Crippen LogP contribution < -0.4 is 15.1 Å². The number of aromatic nitrogens is 3. The number of pyridine rings is 1. The van der Waals surface area contributed by atoms with Gasteiger partial charge in [-0.15, -0.1) is 0 Å². The highest BCUT2D eigenvalue weighted by Gasteiger charge is 2.61. The van der Waals surface area contributed by atoms with Crippen LogP contribution in [0.15, 0.2) is 29.4 Å². The van der Waals surface area contributed by atoms with Crippen LogP contribution in [0.25, 0.3) is 0 Å². The predicted molar refractivity (Wildman–Crippen MR) is 145 cm³/mol. The van der Waals surface area contributed by atoms with Crippen LogP contribution in [0.4, 0.5) is 17.6 Å². The number of amides is 1. The number of carbonyl (C=O) groups excluding carboxylic acids is 1. The van der Waals surface area contributed by atoms with Crippen LogP contribution in [-0.4, -0.2) is 83.1 Å². The number of rotatable bonds is 6. The average molecular weight is 554 g/mol. The molecule has 2 aliphatic carbocycles. The summed E-state index contributed by atoms with van der Waals surface area (Å²) >= 11 is 0. The molecule has 2 N–H and O–H groups in total. The van der Waals surface area contributed by atoms with E-state index < -0.39 is 15.4 Å². The van der Waals surface area contributed by atoms with E-state index in [0.717, 1.165) is 63.0 Å². The average Bonchev–Trinajstić information content (AvgIpc) is 3.66. The molecule has 2 saturated carbocycles. The fourth-order valence-corrected chi connectivity index (χ4v) is 7.97. The summed E-state index contributed by atoms with van der Waals surface area (Å²) in [4.78, 5) is 31.2. The fourth-order valence-electron chi connectivity index (χ4n) is 6.55. The number of sulfonamides is 1. The summed E-state index contributed by atoms with van der Waals surface area (Å²) in [6, 6.07) is 5.19. The molecule has 0 radical (unpaired) electrons. The summed E-state index contributed by atoms with van der Waals surface area (Å²) in [5.74, 6) is 1.97. The van der Waals surface area contributed by atoms with Crippen molar-refractivity contribution < 1.29 is 18.3 Å². The Labute approximate surface area is 228 Å². The van der Waals surface area contributed by atoms with E-state index in [-0.39, 0.29) is 29.1 Å². The molecule has 0 aromatic carbocycles. The quantitative estimate of drug-likeness (QED) is 0.551. The molecular weight excluding hydrogens is 518 g/mol. The SMILES string of the molecule is O=C1N([C@@H]2CCC[C@@H](O)C2)c2nc(NC3CCN(S(=O)(=O)c4cccc(N5CCC5)n4)CC3)ncc2C12CC2. The lowest BCUT2D eigenvalue weighted by atomic mass is 9.92. The van der Waals surface area contributed by atoms with Crippen molar-refractivity contribution >= 4 is 33.5 Å². The van der Waals surface area contributed by atoms with E-state index in [1.165, 1.54) is 4.31 Å². The van der Waals surface area contributed by atoms with E-state index in [1.807, 2.05) is 11.0 Å². The second-order valence-corrected chi connectivity index (χ2v) is 13.5. The van der Waals surface area contributed by atoms with Crippen molar-refractivity contribution in [1.29, 1.82) is 0 Å². The van der Waals surface area contributed by atoms with Crippen LogP contribution >= 0.6 is 0 Å². The molecule has 0 bridgehead atoms. The zero-order valence-corrected chi connectivity index (χ0v) is 22.8. The van der Waals surface area contributed by atoms with Gasteiger partial charge in [-0.1, -0.05) is 6.07 Å². The summed E-state index contributed by atoms with van der Waals surface area (Å²) in [6.07, 6.45) is 8.52. The minimum absolute atomic E-state index is 0.0202. The molecule has 7 rings (SSSR count). The van der Waals surface area contributed by atoms with Crippen molar-refractivity contribution in [1.82, 2.24) is 19.3 Å². The van der Waals surface area contributed by atoms with E-state index in [0.29, 0.717) is 44.1 Å². The maximum Gasteiger partial charge on any atom is 0.260 e. The molecule has 5 heterocycles. The molecule has 1 spiro atoms. The van der Waals surface area contributed by atoms with Gasteiger partial charge < -0.3 is 15.3 Å². The van der Waals surface area contributed by atoms with Gasteiger partial charge in [-0.3, -0.25) is 9.69 Å². The Bertz CT molecular complexity index is 1390. The molecule has 39 heavy (non-hydrogen) atoms. The number of fused-ring (bicyclic) bond motifs is 2. The Kier molecular flexibility index (Phi) is 6.05. The minimum Gasteiger partial charge on any atom is -0.393 e. The number of nitrogens with one attached hydrogen (secondary N) is 1. The molecule has 2 aromatic rings. The van der Waals surface area contributed by atoms with Gasteiger partial charge in [0.05, 0.1) is 11.5 Å². The number of carbonyl (C=O) groups is 1. The highest BCUT2D eigenvalue weighted by atomic mass is 32.2. The van der Waals surface area contributed by atoms with Crippen LogP contribution in [0, 0.1) is 0 Å². The van der Waals surface area contributed by atoms with Crippen molar-refractivity contribution in [3.8, 4) is 0 Å². The van der Waals surface area contributed by atoms with Crippen molar-refractivity contribution in [2.24, 2.45) is 0 Å². The lowest BCUT2D eigenvalue weighted by molar-refractivity contribution is -0.121. The first-order chi connectivity index (χ1) is 18.8. The Hall–Kier alpha value is -2.83. The first kappa shape index (κ1) is 25.2. The number of nitrogens with zero attached hydrogens (tertiary/aromatic N) is 6. The largest absolute Gasteiger partial charge is 0.393 e. The molecule has 2 saturated heterocycles. The Morgan fingerprint density at radius 3 is 2.49 bits per heavy atom. The third-order valence-electron chi connectivity index (χ3n) is 9.15. The van der Waals surface area contributed by atoms with E-state index in [4.69, 9.17) is 4.98 Å². The van der Waals surface area contributed by atoms with Gasteiger partial charge in [0.2, 0.25) is 11.9 Å². The van der Waals surface area contributed by atoms with E-state index in [9.17, 15) is 18.3 Å². The molecule has 4 fully saturated rings. The number of anilines is 3. The summed E-state index contributed by atoms with van der Waals surface area (Å²) in [7, 11) is -3.67. The highest BCUT2D eigenvalue weighted by Crippen LogP contribution is 2.57. The minimum atomic E-state index is -3.67. The summed E-state index contributed by atoms with van der Waals surface area (Å²) in [5.41, 5.74) is 0.434. The number of hydrogen-bond donors (Lipinski definition) is 2. The number of hydrogen-bond acceptors (Lipinski definition) is 9. The monoisotopic (exact) mass is 553 g/mol. The number of aliphatic hydroxyl groups excluding tert-OH is 1. The van der Waals surface area contributed by atoms with E-state index >= 15 is 0 Å². The second-order valence-electron chi connectivity index (χ2n) is 11.7. The topological polar surface area (TPSA) is 132 Å². The first-order valence-corrected chi connectivity index (χ1v) is 15.7. The van der Waals surface area contributed by atoms with Gasteiger partial charge >= 0.3 is 0 Å². The maximum atomic E-state index is 13.5. The second kappa shape index (κ2) is 9.38. The van der Waals surface area contributed by atoms with Gasteiger partial charge in [-0.05, 0) is 69.9 Å². The normalized spacial score (nSPS) is 26.9. The van der Waals surface area contributed by atoms with Gasteiger partial charge in [0.15, 0.2) is 5.03 Å². The Morgan fingerprint density at radius 2 is 1.79 bits per heavy atom. The van der Waals surface area contributed by atoms with E-state index in [2.05, 4.69) is 20.2 Å². The van der Waals surface area contributed by atoms with Gasteiger partial charge in [0.25, 0.3) is 10.0 Å². The number of aliphatic hydroxyl groups is 1. The van der Waals surface area contributed by atoms with Crippen molar-refractivity contribution in [3.63, 3.8) is 0 Å². The molecular formula is C27H35N7O4S. The molecule has 0 unspecified atom stereocenters. The van der Waals surface area contributed by atoms with Gasteiger partial charge in [-0.2, -0.15) is 9.29 Å². The first-order valence-electron chi connectivity index (χ1n) is 14.2. The van der Waals surface area contributed by atoms with Crippen molar-refractivity contribution in [2.75, 3.05) is 41.3 Å². The molecule has 11 nitrogen and oxygen atoms in total. The molecule has 2 aromatic heterocycles. The lowest BCUT2D eigenvalue weighted by Crippen LogP contribution is -2.44. The van der Waals surface area contributed by atoms with Gasteiger partial charge in [0.1, 0.15) is 11.6 Å². The number of piperidine rings is 1. The van der Waals surface area contributed by atoms with Gasteiger partial charge in [0, 0.05) is 50.0 Å². The van der Waals surface area contributed by atoms with Crippen LogP contribution in [-0.2, 0) is 20.2 Å². The van der Waals surface area contributed by atoms with Crippen molar-refractivity contribution in [2.45, 2.75) is 86.4 Å². The summed E-state index contributed by atoms with van der Waals surface area (Å²) < 4.78 is 28.1. The zero-order chi connectivity index (χ0) is 26.8. The summed E-state index contributed by atoms with van der Waals surface area (Å²) in [6.45, 7) is 2.59. The molecule has 3 aliphatic heterocycles. The van der Waals surface area contributed by atoms with Crippen LogP contribution in [0.1, 0.15) is 63.4 Å². The fraction of sp³-hybridized carbons (Fsp3) is 0.630. The molecule has 5 aliphatic rings. The Balaban J connectivity index is 1.04. The summed E-state index contributed by atoms with van der Waals surface area (Å²) in [5, 5.41) is 13.8. The lowest BCUT2D eigenvalue weighted by Gasteiger charge is -2.34. The van der Waals surface area contributed by atoms with Gasteiger partial charge in [-0.25, -0.2) is 18.4 Å². The smallest absolute Gasteiger partial charge is 0.260 e. The molecule has 208 valence electrons. The molecule has 12 heteroatoms. The standard InChI is InChI=1S/C27H35N7O4S/c35-20-5-1-4-19(16-20)34-24-21(27(10-11-27)25(34)36)17-28-26(31-24)29-18-8-14-33(15-9-18)39(37,38)23-7-2-6-22(30-23)32-12-3-13-32/h2,6-7,17-20,35H,1,3-5,8-16H2,(H,28,29,31)/t19-,20-/m1/s1. The molecule has 2 atom stereocenters. The zero-order valence-electron chi connectivity index (χ0n) is 22.0.